The number of nitrogens with one attached hydrogen (secondary N) is 2. The number of likely N-dealkylation sites (N-methyl/N-ethyl adjacent to an activating group) is 1. The monoisotopic (exact) mass is 259 g/mol. The first-order valence-corrected chi connectivity index (χ1v) is 6.66. The Morgan fingerprint density at radius 1 is 1.37 bits per heavy atom. The molecule has 0 spiro atoms. The van der Waals surface area contributed by atoms with Crippen molar-refractivity contribution >= 4 is 0 Å². The Bertz CT molecular complexity index is 482. The van der Waals surface area contributed by atoms with Crippen LogP contribution < -0.4 is 10.1 Å². The topological polar surface area (TPSA) is 49.9 Å². The molecule has 0 bridgehead atoms. The summed E-state index contributed by atoms with van der Waals surface area (Å²) in [4.78, 5) is 7.45. The molecule has 1 aromatic heterocycles. The van der Waals surface area contributed by atoms with Gasteiger partial charge in [0.1, 0.15) is 11.6 Å². The number of nitrogens with zero attached hydrogens (tertiary/aromatic N) is 1. The van der Waals surface area contributed by atoms with Crippen LogP contribution >= 0.6 is 0 Å². The van der Waals surface area contributed by atoms with Crippen LogP contribution in [0.3, 0.4) is 0 Å². The second-order valence-electron chi connectivity index (χ2n) is 4.55. The molecule has 0 amide bonds. The molecule has 19 heavy (non-hydrogen) atoms. The highest BCUT2D eigenvalue weighted by atomic mass is 16.5. The third-order valence-electron chi connectivity index (χ3n) is 3.10. The maximum absolute atomic E-state index is 5.26. The molecular weight excluding hydrogens is 238 g/mol. The lowest BCUT2D eigenvalue weighted by atomic mass is 10.0. The minimum Gasteiger partial charge on any atom is -0.497 e. The standard InChI is InChI=1S/C15H21N3O/c1-3-16-13(11-15-17-7-8-18-15)9-12-5-4-6-14(10-12)19-2/h4-8,10,13,16H,3,9,11H2,1-2H3,(H,17,18). The smallest absolute Gasteiger partial charge is 0.119 e. The van der Waals surface area contributed by atoms with E-state index in [1.807, 2.05) is 18.3 Å². The largest absolute Gasteiger partial charge is 0.497 e. The summed E-state index contributed by atoms with van der Waals surface area (Å²) in [6, 6.07) is 8.60. The third-order valence-corrected chi connectivity index (χ3v) is 3.10. The van der Waals surface area contributed by atoms with Gasteiger partial charge in [-0.1, -0.05) is 19.1 Å². The van der Waals surface area contributed by atoms with Gasteiger partial charge in [0.25, 0.3) is 0 Å². The van der Waals surface area contributed by atoms with E-state index < -0.39 is 0 Å². The first-order chi connectivity index (χ1) is 9.31. The average Bonchev–Trinajstić information content (AvgIpc) is 2.92. The van der Waals surface area contributed by atoms with Gasteiger partial charge in [-0.2, -0.15) is 0 Å². The lowest BCUT2D eigenvalue weighted by Gasteiger charge is -2.17. The molecule has 0 radical (unpaired) electrons. The van der Waals surface area contributed by atoms with Crippen molar-refractivity contribution in [1.29, 1.82) is 0 Å². The molecule has 1 unspecified atom stereocenters. The number of hydrogen-bond donors (Lipinski definition) is 2. The second-order valence-corrected chi connectivity index (χ2v) is 4.55. The molecule has 0 saturated carbocycles. The van der Waals surface area contributed by atoms with Crippen LogP contribution in [-0.4, -0.2) is 29.7 Å². The number of ether oxygens (including phenoxy) is 1. The summed E-state index contributed by atoms with van der Waals surface area (Å²) in [7, 11) is 1.70. The summed E-state index contributed by atoms with van der Waals surface area (Å²) in [6.07, 6.45) is 5.53. The van der Waals surface area contributed by atoms with Crippen LogP contribution in [0, 0.1) is 0 Å². The predicted octanol–water partition coefficient (Wildman–Crippen LogP) is 2.18. The van der Waals surface area contributed by atoms with Crippen LogP contribution in [0.5, 0.6) is 5.75 Å². The quantitative estimate of drug-likeness (QED) is 0.801. The number of hydrogen-bond acceptors (Lipinski definition) is 3. The molecule has 1 heterocycles. The normalized spacial score (nSPS) is 12.3. The van der Waals surface area contributed by atoms with Gasteiger partial charge >= 0.3 is 0 Å². The van der Waals surface area contributed by atoms with E-state index >= 15 is 0 Å². The van der Waals surface area contributed by atoms with Gasteiger partial charge in [0, 0.05) is 24.9 Å². The van der Waals surface area contributed by atoms with Crippen molar-refractivity contribution in [3.8, 4) is 5.75 Å². The minimum atomic E-state index is 0.378. The van der Waals surface area contributed by atoms with Crippen molar-refractivity contribution in [2.75, 3.05) is 13.7 Å². The Balaban J connectivity index is 2.02. The first-order valence-electron chi connectivity index (χ1n) is 6.66. The summed E-state index contributed by atoms with van der Waals surface area (Å²) in [5.74, 6) is 1.93. The maximum atomic E-state index is 5.26. The van der Waals surface area contributed by atoms with Crippen molar-refractivity contribution in [2.24, 2.45) is 0 Å². The predicted molar refractivity (Wildman–Crippen MR) is 76.5 cm³/mol. The summed E-state index contributed by atoms with van der Waals surface area (Å²) in [5.41, 5.74) is 1.27. The van der Waals surface area contributed by atoms with E-state index in [1.54, 1.807) is 13.3 Å². The molecule has 0 aliphatic heterocycles. The van der Waals surface area contributed by atoms with E-state index in [0.717, 1.165) is 31.0 Å². The molecular formula is C15H21N3O. The van der Waals surface area contributed by atoms with E-state index in [2.05, 4.69) is 34.3 Å². The van der Waals surface area contributed by atoms with Crippen LogP contribution in [0.25, 0.3) is 0 Å². The fourth-order valence-corrected chi connectivity index (χ4v) is 2.23. The van der Waals surface area contributed by atoms with Crippen LogP contribution in [0.1, 0.15) is 18.3 Å². The molecule has 0 aliphatic carbocycles. The van der Waals surface area contributed by atoms with Crippen molar-refractivity contribution in [3.63, 3.8) is 0 Å². The Labute approximate surface area is 114 Å². The molecule has 4 nitrogen and oxygen atoms in total. The van der Waals surface area contributed by atoms with Gasteiger partial charge in [-0.25, -0.2) is 4.98 Å². The molecule has 4 heteroatoms. The Kier molecular flexibility index (Phi) is 4.98. The van der Waals surface area contributed by atoms with E-state index in [0.29, 0.717) is 6.04 Å². The number of imidazole rings is 1. The van der Waals surface area contributed by atoms with Crippen molar-refractivity contribution in [1.82, 2.24) is 15.3 Å². The summed E-state index contributed by atoms with van der Waals surface area (Å²) in [6.45, 7) is 3.08. The molecule has 1 aromatic carbocycles. The maximum Gasteiger partial charge on any atom is 0.119 e. The molecule has 102 valence electrons. The zero-order chi connectivity index (χ0) is 13.5. The Morgan fingerprint density at radius 3 is 2.95 bits per heavy atom. The Hall–Kier alpha value is -1.81. The number of benzene rings is 1. The lowest BCUT2D eigenvalue weighted by molar-refractivity contribution is 0.413. The lowest BCUT2D eigenvalue weighted by Crippen LogP contribution is -2.33. The van der Waals surface area contributed by atoms with Gasteiger partial charge in [0.2, 0.25) is 0 Å². The van der Waals surface area contributed by atoms with E-state index in [-0.39, 0.29) is 0 Å². The number of rotatable bonds is 7. The van der Waals surface area contributed by atoms with Crippen LogP contribution in [0.2, 0.25) is 0 Å². The van der Waals surface area contributed by atoms with Gasteiger partial charge in [0.15, 0.2) is 0 Å². The fraction of sp³-hybridized carbons (Fsp3) is 0.400. The summed E-state index contributed by atoms with van der Waals surface area (Å²) in [5, 5.41) is 3.51. The van der Waals surface area contributed by atoms with E-state index in [4.69, 9.17) is 4.74 Å². The zero-order valence-electron chi connectivity index (χ0n) is 11.5. The third kappa shape index (κ3) is 4.10. The summed E-state index contributed by atoms with van der Waals surface area (Å²) < 4.78 is 5.26. The Morgan fingerprint density at radius 2 is 2.26 bits per heavy atom. The van der Waals surface area contributed by atoms with Gasteiger partial charge < -0.3 is 15.0 Å². The highest BCUT2D eigenvalue weighted by Gasteiger charge is 2.11. The SMILES string of the molecule is CCNC(Cc1cccc(OC)c1)Cc1ncc[nH]1. The number of H-pyrrole nitrogens is 1. The van der Waals surface area contributed by atoms with Crippen LogP contribution in [-0.2, 0) is 12.8 Å². The van der Waals surface area contributed by atoms with E-state index in [1.165, 1.54) is 5.56 Å². The number of aromatic nitrogens is 2. The highest BCUT2D eigenvalue weighted by molar-refractivity contribution is 5.29. The van der Waals surface area contributed by atoms with Crippen molar-refractivity contribution < 1.29 is 4.74 Å². The van der Waals surface area contributed by atoms with Crippen molar-refractivity contribution in [2.45, 2.75) is 25.8 Å². The van der Waals surface area contributed by atoms with Gasteiger partial charge in [-0.05, 0) is 30.7 Å². The van der Waals surface area contributed by atoms with Crippen LogP contribution in [0.15, 0.2) is 36.7 Å². The zero-order valence-corrected chi connectivity index (χ0v) is 11.5. The molecule has 2 rings (SSSR count). The molecule has 0 aliphatic rings. The average molecular weight is 259 g/mol. The molecule has 0 fully saturated rings. The highest BCUT2D eigenvalue weighted by Crippen LogP contribution is 2.15. The number of aromatic amines is 1. The van der Waals surface area contributed by atoms with Crippen molar-refractivity contribution in [3.05, 3.63) is 48.0 Å². The molecule has 1 atom stereocenters. The fourth-order valence-electron chi connectivity index (χ4n) is 2.23. The first kappa shape index (κ1) is 13.6. The minimum absolute atomic E-state index is 0.378. The molecule has 2 aromatic rings. The van der Waals surface area contributed by atoms with Gasteiger partial charge in [0.05, 0.1) is 7.11 Å². The molecule has 2 N–H and O–H groups in total. The second kappa shape index (κ2) is 6.95. The van der Waals surface area contributed by atoms with E-state index in [9.17, 15) is 0 Å². The summed E-state index contributed by atoms with van der Waals surface area (Å²) >= 11 is 0. The number of methoxy groups -OCH3 is 1. The van der Waals surface area contributed by atoms with Crippen LogP contribution in [0.4, 0.5) is 0 Å². The molecule has 0 saturated heterocycles. The van der Waals surface area contributed by atoms with Gasteiger partial charge in [-0.15, -0.1) is 0 Å². The van der Waals surface area contributed by atoms with Gasteiger partial charge in [-0.3, -0.25) is 0 Å².